The minimum absolute atomic E-state index is 0.481. The second-order valence-corrected chi connectivity index (χ2v) is 3.17. The van der Waals surface area contributed by atoms with Crippen LogP contribution in [0.1, 0.15) is 19.3 Å². The molecular formula is C10H12O2. The van der Waals surface area contributed by atoms with E-state index in [2.05, 4.69) is 6.58 Å². The normalized spacial score (nSPS) is 28.8. The summed E-state index contributed by atoms with van der Waals surface area (Å²) in [5.74, 6) is 0. The number of rotatable bonds is 3. The van der Waals surface area contributed by atoms with Gasteiger partial charge in [-0.15, -0.1) is 6.58 Å². The van der Waals surface area contributed by atoms with Crippen LogP contribution in [0.15, 0.2) is 24.3 Å². The molecule has 64 valence electrons. The number of hydrogen-bond acceptors (Lipinski definition) is 2. The Morgan fingerprint density at radius 1 is 1.50 bits per heavy atom. The van der Waals surface area contributed by atoms with E-state index in [0.717, 1.165) is 25.4 Å². The van der Waals surface area contributed by atoms with E-state index in [-0.39, 0.29) is 0 Å². The predicted molar refractivity (Wildman–Crippen MR) is 46.7 cm³/mol. The Balaban J connectivity index is 2.84. The van der Waals surface area contributed by atoms with Crippen LogP contribution in [0.4, 0.5) is 0 Å². The van der Waals surface area contributed by atoms with Crippen LogP contribution in [-0.4, -0.2) is 12.6 Å². The summed E-state index contributed by atoms with van der Waals surface area (Å²) in [6.45, 7) is 3.62. The van der Waals surface area contributed by atoms with Crippen LogP contribution in [0.25, 0.3) is 0 Å². The van der Waals surface area contributed by atoms with Crippen LogP contribution in [-0.2, 0) is 9.59 Å². The minimum atomic E-state index is -0.481. The molecule has 0 bridgehead atoms. The van der Waals surface area contributed by atoms with Crippen molar-refractivity contribution in [2.75, 3.05) is 0 Å². The summed E-state index contributed by atoms with van der Waals surface area (Å²) in [6.07, 6.45) is 7.34. The molecule has 0 saturated carbocycles. The fraction of sp³-hybridized carbons (Fsp3) is 0.400. The monoisotopic (exact) mass is 164 g/mol. The average Bonchev–Trinajstić information content (AvgIpc) is 2.18. The summed E-state index contributed by atoms with van der Waals surface area (Å²) >= 11 is 0. The molecule has 0 aliphatic heterocycles. The van der Waals surface area contributed by atoms with Gasteiger partial charge >= 0.3 is 0 Å². The maximum atomic E-state index is 10.8. The predicted octanol–water partition coefficient (Wildman–Crippen LogP) is 1.67. The van der Waals surface area contributed by atoms with Crippen molar-refractivity contribution in [3.8, 4) is 0 Å². The van der Waals surface area contributed by atoms with Gasteiger partial charge in [-0.2, -0.15) is 0 Å². The summed E-state index contributed by atoms with van der Waals surface area (Å²) in [7, 11) is 0. The van der Waals surface area contributed by atoms with Gasteiger partial charge in [0.25, 0.3) is 0 Å². The third-order valence-electron chi connectivity index (χ3n) is 2.34. The third-order valence-corrected chi connectivity index (χ3v) is 2.34. The highest BCUT2D eigenvalue weighted by molar-refractivity contribution is 5.76. The molecule has 0 N–H and O–H groups in total. The zero-order chi connectivity index (χ0) is 9.03. The molecule has 0 spiro atoms. The smallest absolute Gasteiger partial charge is 0.145 e. The van der Waals surface area contributed by atoms with E-state index in [0.29, 0.717) is 12.0 Å². The van der Waals surface area contributed by atoms with Crippen LogP contribution in [0.3, 0.4) is 0 Å². The molecule has 2 heteroatoms. The van der Waals surface area contributed by atoms with Crippen molar-refractivity contribution in [2.45, 2.75) is 19.3 Å². The summed E-state index contributed by atoms with van der Waals surface area (Å²) in [5, 5.41) is 0. The Kier molecular flexibility index (Phi) is 2.58. The lowest BCUT2D eigenvalue weighted by molar-refractivity contribution is -0.114. The molecule has 0 saturated heterocycles. The highest BCUT2D eigenvalue weighted by Crippen LogP contribution is 2.34. The molecular weight excluding hydrogens is 152 g/mol. The molecule has 1 aliphatic carbocycles. The summed E-state index contributed by atoms with van der Waals surface area (Å²) in [6, 6.07) is 0. The van der Waals surface area contributed by atoms with Crippen LogP contribution in [0.2, 0.25) is 0 Å². The molecule has 12 heavy (non-hydrogen) atoms. The second kappa shape index (κ2) is 3.48. The molecule has 0 aromatic rings. The summed E-state index contributed by atoms with van der Waals surface area (Å²) < 4.78 is 0. The van der Waals surface area contributed by atoms with Crippen molar-refractivity contribution in [1.82, 2.24) is 0 Å². The first kappa shape index (κ1) is 8.91. The van der Waals surface area contributed by atoms with Crippen LogP contribution >= 0.6 is 0 Å². The summed E-state index contributed by atoms with van der Waals surface area (Å²) in [5.41, 5.74) is 0.235. The topological polar surface area (TPSA) is 34.1 Å². The Morgan fingerprint density at radius 3 is 2.75 bits per heavy atom. The van der Waals surface area contributed by atoms with Crippen molar-refractivity contribution < 1.29 is 9.59 Å². The van der Waals surface area contributed by atoms with Gasteiger partial charge in [-0.05, 0) is 24.8 Å². The largest absolute Gasteiger partial charge is 0.302 e. The van der Waals surface area contributed by atoms with E-state index in [1.165, 1.54) is 0 Å². The molecule has 2 nitrogen and oxygen atoms in total. The van der Waals surface area contributed by atoms with E-state index in [1.54, 1.807) is 6.08 Å². The van der Waals surface area contributed by atoms with Crippen molar-refractivity contribution in [3.05, 3.63) is 24.3 Å². The third kappa shape index (κ3) is 1.52. The van der Waals surface area contributed by atoms with Gasteiger partial charge in [-0.3, -0.25) is 4.79 Å². The number of carbonyl (C=O) groups excluding carboxylic acids is 2. The highest BCUT2D eigenvalue weighted by atomic mass is 16.1. The SMILES string of the molecule is C=CC1(C=O)CCC=C(C=O)C1. The zero-order valence-corrected chi connectivity index (χ0v) is 6.95. The molecule has 1 unspecified atom stereocenters. The van der Waals surface area contributed by atoms with Crippen molar-refractivity contribution in [1.29, 1.82) is 0 Å². The molecule has 1 atom stereocenters. The van der Waals surface area contributed by atoms with Gasteiger partial charge < -0.3 is 4.79 Å². The van der Waals surface area contributed by atoms with E-state index in [1.807, 2.05) is 6.08 Å². The van der Waals surface area contributed by atoms with Gasteiger partial charge in [-0.25, -0.2) is 0 Å². The van der Waals surface area contributed by atoms with E-state index >= 15 is 0 Å². The number of allylic oxidation sites excluding steroid dienone is 3. The molecule has 0 heterocycles. The minimum Gasteiger partial charge on any atom is -0.302 e. The molecule has 0 aromatic carbocycles. The average molecular weight is 164 g/mol. The lowest BCUT2D eigenvalue weighted by atomic mass is 9.75. The Bertz CT molecular complexity index is 230. The standard InChI is InChI=1S/C10H12O2/c1-2-10(8-12)5-3-4-9(6-10)7-11/h2,4,7-8H,1,3,5-6H2. The fourth-order valence-electron chi connectivity index (χ4n) is 1.48. The number of aldehydes is 2. The Labute approximate surface area is 72.0 Å². The van der Waals surface area contributed by atoms with Crippen molar-refractivity contribution >= 4 is 12.6 Å². The molecule has 0 amide bonds. The first-order valence-electron chi connectivity index (χ1n) is 4.00. The maximum Gasteiger partial charge on any atom is 0.145 e. The lowest BCUT2D eigenvalue weighted by Crippen LogP contribution is -2.23. The van der Waals surface area contributed by atoms with E-state index in [9.17, 15) is 9.59 Å². The van der Waals surface area contributed by atoms with Gasteiger partial charge in [0.1, 0.15) is 12.6 Å². The number of hydrogen-bond donors (Lipinski definition) is 0. The van der Waals surface area contributed by atoms with Crippen LogP contribution in [0.5, 0.6) is 0 Å². The second-order valence-electron chi connectivity index (χ2n) is 3.17. The van der Waals surface area contributed by atoms with Gasteiger partial charge in [0.2, 0.25) is 0 Å². The van der Waals surface area contributed by atoms with Crippen molar-refractivity contribution in [2.24, 2.45) is 5.41 Å². The Hall–Kier alpha value is -1.18. The van der Waals surface area contributed by atoms with Crippen LogP contribution < -0.4 is 0 Å². The van der Waals surface area contributed by atoms with Gasteiger partial charge in [0.15, 0.2) is 0 Å². The van der Waals surface area contributed by atoms with E-state index < -0.39 is 5.41 Å². The first-order valence-corrected chi connectivity index (χ1v) is 4.00. The zero-order valence-electron chi connectivity index (χ0n) is 6.95. The summed E-state index contributed by atoms with van der Waals surface area (Å²) in [4.78, 5) is 21.2. The molecule has 0 fully saturated rings. The van der Waals surface area contributed by atoms with E-state index in [4.69, 9.17) is 0 Å². The van der Waals surface area contributed by atoms with Crippen molar-refractivity contribution in [3.63, 3.8) is 0 Å². The van der Waals surface area contributed by atoms with Gasteiger partial charge in [0.05, 0.1) is 0 Å². The first-order chi connectivity index (χ1) is 5.76. The lowest BCUT2D eigenvalue weighted by Gasteiger charge is -2.26. The number of carbonyl (C=O) groups is 2. The maximum absolute atomic E-state index is 10.8. The quantitative estimate of drug-likeness (QED) is 0.469. The highest BCUT2D eigenvalue weighted by Gasteiger charge is 2.29. The molecule has 0 radical (unpaired) electrons. The molecule has 0 aromatic heterocycles. The molecule has 1 rings (SSSR count). The van der Waals surface area contributed by atoms with Gasteiger partial charge in [0, 0.05) is 5.41 Å². The fourth-order valence-corrected chi connectivity index (χ4v) is 1.48. The van der Waals surface area contributed by atoms with Gasteiger partial charge in [-0.1, -0.05) is 12.2 Å². The Morgan fingerprint density at radius 2 is 2.25 bits per heavy atom. The molecule has 1 aliphatic rings. The van der Waals surface area contributed by atoms with Crippen LogP contribution in [0, 0.1) is 5.41 Å².